The summed E-state index contributed by atoms with van der Waals surface area (Å²) in [7, 11) is 1.86. The summed E-state index contributed by atoms with van der Waals surface area (Å²) in [5.74, 6) is 1.54. The van der Waals surface area contributed by atoms with Crippen LogP contribution in [0.3, 0.4) is 0 Å². The first-order chi connectivity index (χ1) is 13.8. The van der Waals surface area contributed by atoms with Gasteiger partial charge >= 0.3 is 0 Å². The van der Waals surface area contributed by atoms with Crippen LogP contribution in [0.25, 0.3) is 0 Å². The maximum atomic E-state index is 12.2. The molecule has 1 atom stereocenters. The summed E-state index contributed by atoms with van der Waals surface area (Å²) in [6, 6.07) is 12.9. The Morgan fingerprint density at radius 1 is 1.28 bits per heavy atom. The number of hydrogen-bond acceptors (Lipinski definition) is 5. The molecular weight excluding hydrogens is 476 g/mol. The van der Waals surface area contributed by atoms with Crippen molar-refractivity contribution in [2.24, 2.45) is 7.05 Å². The van der Waals surface area contributed by atoms with Crippen molar-refractivity contribution in [2.75, 3.05) is 11.1 Å². The lowest BCUT2D eigenvalue weighted by molar-refractivity contribution is -0.113. The zero-order chi connectivity index (χ0) is 21.0. The second-order valence-electron chi connectivity index (χ2n) is 6.41. The third-order valence-corrected chi connectivity index (χ3v) is 5.92. The monoisotopic (exact) mass is 494 g/mol. The summed E-state index contributed by atoms with van der Waals surface area (Å²) in [4.78, 5) is 12.2. The number of hydrogen-bond donors (Lipinski definition) is 1. The molecule has 152 valence electrons. The number of amides is 1. The molecule has 6 nitrogen and oxygen atoms in total. The van der Waals surface area contributed by atoms with E-state index in [9.17, 15) is 4.79 Å². The molecule has 9 heteroatoms. The van der Waals surface area contributed by atoms with Crippen LogP contribution in [0.1, 0.15) is 24.4 Å². The van der Waals surface area contributed by atoms with Gasteiger partial charge in [0.05, 0.1) is 5.75 Å². The molecule has 3 aromatic rings. The maximum Gasteiger partial charge on any atom is 0.234 e. The van der Waals surface area contributed by atoms with Crippen molar-refractivity contribution < 1.29 is 9.53 Å². The molecular formula is C20H20BrClN4O2S. The van der Waals surface area contributed by atoms with Crippen molar-refractivity contribution in [1.82, 2.24) is 14.8 Å². The van der Waals surface area contributed by atoms with Gasteiger partial charge < -0.3 is 14.6 Å². The Morgan fingerprint density at radius 3 is 2.69 bits per heavy atom. The predicted octanol–water partition coefficient (Wildman–Crippen LogP) is 5.41. The minimum absolute atomic E-state index is 0.108. The van der Waals surface area contributed by atoms with Crippen LogP contribution in [-0.2, 0) is 11.8 Å². The van der Waals surface area contributed by atoms with Crippen LogP contribution >= 0.6 is 39.3 Å². The fraction of sp³-hybridized carbons (Fsp3) is 0.250. The van der Waals surface area contributed by atoms with E-state index in [1.807, 2.05) is 61.9 Å². The first-order valence-electron chi connectivity index (χ1n) is 8.84. The molecule has 0 fully saturated rings. The Bertz CT molecular complexity index is 1010. The molecule has 0 saturated carbocycles. The molecule has 0 aliphatic carbocycles. The van der Waals surface area contributed by atoms with Gasteiger partial charge in [-0.3, -0.25) is 4.79 Å². The Hall–Kier alpha value is -2.03. The lowest BCUT2D eigenvalue weighted by atomic mass is 10.2. The number of benzene rings is 2. The summed E-state index contributed by atoms with van der Waals surface area (Å²) < 4.78 is 8.82. The highest BCUT2D eigenvalue weighted by Crippen LogP contribution is 2.27. The van der Waals surface area contributed by atoms with Crippen LogP contribution in [-0.4, -0.2) is 26.4 Å². The fourth-order valence-corrected chi connectivity index (χ4v) is 3.86. The average Bonchev–Trinajstić information content (AvgIpc) is 3.05. The van der Waals surface area contributed by atoms with Gasteiger partial charge in [0.25, 0.3) is 0 Å². The van der Waals surface area contributed by atoms with E-state index in [1.54, 1.807) is 6.07 Å². The van der Waals surface area contributed by atoms with Gasteiger partial charge in [-0.2, -0.15) is 0 Å². The second kappa shape index (κ2) is 9.65. The number of aromatic nitrogens is 3. The van der Waals surface area contributed by atoms with Crippen molar-refractivity contribution in [3.05, 3.63) is 63.3 Å². The lowest BCUT2D eigenvalue weighted by Crippen LogP contribution is -2.14. The highest BCUT2D eigenvalue weighted by molar-refractivity contribution is 9.10. The molecule has 1 aromatic heterocycles. The summed E-state index contributed by atoms with van der Waals surface area (Å²) in [6.07, 6.45) is -0.307. The molecule has 29 heavy (non-hydrogen) atoms. The number of rotatable bonds is 7. The van der Waals surface area contributed by atoms with Gasteiger partial charge in [0.1, 0.15) is 5.75 Å². The predicted molar refractivity (Wildman–Crippen MR) is 120 cm³/mol. The number of carbonyl (C=O) groups is 1. The van der Waals surface area contributed by atoms with Crippen molar-refractivity contribution in [2.45, 2.75) is 25.1 Å². The molecule has 1 unspecified atom stereocenters. The van der Waals surface area contributed by atoms with E-state index in [4.69, 9.17) is 16.3 Å². The molecule has 1 N–H and O–H groups in total. The quantitative estimate of drug-likeness (QED) is 0.444. The van der Waals surface area contributed by atoms with Crippen LogP contribution in [0.15, 0.2) is 52.1 Å². The van der Waals surface area contributed by atoms with Crippen molar-refractivity contribution in [3.8, 4) is 5.75 Å². The molecule has 0 aliphatic heterocycles. The lowest BCUT2D eigenvalue weighted by Gasteiger charge is -2.16. The van der Waals surface area contributed by atoms with Crippen LogP contribution in [0.5, 0.6) is 5.75 Å². The number of thioether (sulfide) groups is 1. The van der Waals surface area contributed by atoms with Crippen molar-refractivity contribution >= 4 is 50.9 Å². The van der Waals surface area contributed by atoms with E-state index >= 15 is 0 Å². The molecule has 1 amide bonds. The molecule has 0 saturated heterocycles. The van der Waals surface area contributed by atoms with Gasteiger partial charge in [-0.25, -0.2) is 0 Å². The normalized spacial score (nSPS) is 11.9. The largest absolute Gasteiger partial charge is 0.482 e. The third kappa shape index (κ3) is 5.74. The van der Waals surface area contributed by atoms with Gasteiger partial charge in [0.15, 0.2) is 17.1 Å². The first-order valence-corrected chi connectivity index (χ1v) is 11.0. The Balaban J connectivity index is 1.59. The first kappa shape index (κ1) is 21.7. The number of nitrogens with one attached hydrogen (secondary N) is 1. The Kier molecular flexibility index (Phi) is 7.21. The van der Waals surface area contributed by atoms with Gasteiger partial charge in [-0.05, 0) is 61.9 Å². The van der Waals surface area contributed by atoms with E-state index in [0.29, 0.717) is 16.0 Å². The number of halogens is 2. The van der Waals surface area contributed by atoms with Crippen LogP contribution in [0.2, 0.25) is 5.02 Å². The van der Waals surface area contributed by atoms with Crippen LogP contribution < -0.4 is 10.1 Å². The van der Waals surface area contributed by atoms with E-state index in [2.05, 4.69) is 31.4 Å². The van der Waals surface area contributed by atoms with Crippen LogP contribution in [0, 0.1) is 6.92 Å². The van der Waals surface area contributed by atoms with E-state index < -0.39 is 0 Å². The standard InChI is InChI=1S/C20H20BrClN4O2S/c1-12-10-15(22)6-9-17(12)28-13(2)19-24-25-20(26(19)3)29-11-18(27)23-16-7-4-14(21)5-8-16/h4-10,13H,11H2,1-3H3,(H,23,27). The number of nitrogens with zero attached hydrogens (tertiary/aromatic N) is 3. The maximum absolute atomic E-state index is 12.2. The summed E-state index contributed by atoms with van der Waals surface area (Å²) in [6.45, 7) is 3.85. The zero-order valence-electron chi connectivity index (χ0n) is 16.1. The number of carbonyl (C=O) groups excluding carboxylic acids is 1. The molecule has 0 aliphatic rings. The van der Waals surface area contributed by atoms with Crippen LogP contribution in [0.4, 0.5) is 5.69 Å². The molecule has 1 heterocycles. The summed E-state index contributed by atoms with van der Waals surface area (Å²) in [5, 5.41) is 12.6. The minimum atomic E-state index is -0.307. The third-order valence-electron chi connectivity index (χ3n) is 4.13. The zero-order valence-corrected chi connectivity index (χ0v) is 19.3. The molecule has 0 radical (unpaired) electrons. The van der Waals surface area contributed by atoms with Gasteiger partial charge in [-0.1, -0.05) is 39.3 Å². The Morgan fingerprint density at radius 2 is 2.00 bits per heavy atom. The van der Waals surface area contributed by atoms with Crippen molar-refractivity contribution in [3.63, 3.8) is 0 Å². The number of aryl methyl sites for hydroxylation is 1. The molecule has 0 bridgehead atoms. The fourth-order valence-electron chi connectivity index (χ4n) is 2.65. The average molecular weight is 496 g/mol. The van der Waals surface area contributed by atoms with E-state index in [0.717, 1.165) is 21.5 Å². The number of ether oxygens (including phenoxy) is 1. The van der Waals surface area contributed by atoms with Gasteiger partial charge in [0, 0.05) is 22.2 Å². The SMILES string of the molecule is Cc1cc(Cl)ccc1OC(C)c1nnc(SCC(=O)Nc2ccc(Br)cc2)n1C. The highest BCUT2D eigenvalue weighted by atomic mass is 79.9. The van der Waals surface area contributed by atoms with Gasteiger partial charge in [0.2, 0.25) is 5.91 Å². The second-order valence-corrected chi connectivity index (χ2v) is 8.71. The highest BCUT2D eigenvalue weighted by Gasteiger charge is 2.18. The summed E-state index contributed by atoms with van der Waals surface area (Å²) >= 11 is 10.7. The molecule has 2 aromatic carbocycles. The topological polar surface area (TPSA) is 69.0 Å². The van der Waals surface area contributed by atoms with Crippen molar-refractivity contribution in [1.29, 1.82) is 0 Å². The number of anilines is 1. The van der Waals surface area contributed by atoms with E-state index in [-0.39, 0.29) is 17.8 Å². The van der Waals surface area contributed by atoms with Gasteiger partial charge in [-0.15, -0.1) is 10.2 Å². The Labute approximate surface area is 187 Å². The van der Waals surface area contributed by atoms with E-state index in [1.165, 1.54) is 11.8 Å². The smallest absolute Gasteiger partial charge is 0.234 e. The summed E-state index contributed by atoms with van der Waals surface area (Å²) in [5.41, 5.74) is 1.70. The minimum Gasteiger partial charge on any atom is -0.482 e. The molecule has 3 rings (SSSR count). The molecule has 0 spiro atoms.